The van der Waals surface area contributed by atoms with E-state index in [1.807, 2.05) is 24.6 Å². The summed E-state index contributed by atoms with van der Waals surface area (Å²) in [4.78, 5) is 18.3. The van der Waals surface area contributed by atoms with Crippen molar-refractivity contribution in [3.63, 3.8) is 0 Å². The molecule has 1 aliphatic rings. The van der Waals surface area contributed by atoms with Gasteiger partial charge < -0.3 is 4.74 Å². The first-order valence-electron chi connectivity index (χ1n) is 11.8. The van der Waals surface area contributed by atoms with Crippen molar-refractivity contribution in [2.24, 2.45) is 0 Å². The minimum Gasteiger partial charge on any atom is -0.379 e. The van der Waals surface area contributed by atoms with E-state index in [9.17, 15) is 13.2 Å². The van der Waals surface area contributed by atoms with Gasteiger partial charge in [-0.2, -0.15) is 9.40 Å². The summed E-state index contributed by atoms with van der Waals surface area (Å²) in [6, 6.07) is 8.86. The molecule has 0 spiro atoms. The molecule has 34 heavy (non-hydrogen) atoms. The average Bonchev–Trinajstić information content (AvgIpc) is 3.27. The SMILES string of the molecule is CC(C)c1cc(C(=O)CCc2ccc(S(=O)(=O)N3CCOCC3)cc2)c2cnn(C(C)C)c2n1. The molecule has 8 nitrogen and oxygen atoms in total. The van der Waals surface area contributed by atoms with Crippen LogP contribution in [-0.2, 0) is 21.2 Å². The molecule has 9 heteroatoms. The standard InChI is InChI=1S/C25H32N4O4S/c1-17(2)23-15-21(22-16-26-29(18(3)4)25(22)27-23)24(30)10-7-19-5-8-20(9-6-19)34(31,32)28-11-13-33-14-12-28/h5-6,8-9,15-18H,7,10-14H2,1-4H3. The van der Waals surface area contributed by atoms with Gasteiger partial charge in [-0.3, -0.25) is 4.79 Å². The molecule has 0 saturated carbocycles. The maximum atomic E-state index is 13.2. The number of nitrogens with zero attached hydrogens (tertiary/aromatic N) is 4. The predicted molar refractivity (Wildman–Crippen MR) is 131 cm³/mol. The number of aromatic nitrogens is 3. The fourth-order valence-corrected chi connectivity index (χ4v) is 5.51. The topological polar surface area (TPSA) is 94.4 Å². The van der Waals surface area contributed by atoms with Gasteiger partial charge in [-0.05, 0) is 49.9 Å². The van der Waals surface area contributed by atoms with Crippen molar-refractivity contribution in [1.82, 2.24) is 19.1 Å². The Balaban J connectivity index is 1.52. The quantitative estimate of drug-likeness (QED) is 0.449. The Labute approximate surface area is 201 Å². The molecule has 2 aromatic heterocycles. The van der Waals surface area contributed by atoms with Gasteiger partial charge in [0.1, 0.15) is 0 Å². The molecule has 0 atom stereocenters. The van der Waals surface area contributed by atoms with Crippen molar-refractivity contribution in [2.45, 2.75) is 57.4 Å². The third-order valence-electron chi connectivity index (χ3n) is 6.14. The second-order valence-electron chi connectivity index (χ2n) is 9.25. The number of carbonyl (C=O) groups excluding carboxylic acids is 1. The Morgan fingerprint density at radius 3 is 2.38 bits per heavy atom. The molecule has 0 aliphatic carbocycles. The highest BCUT2D eigenvalue weighted by molar-refractivity contribution is 7.89. The summed E-state index contributed by atoms with van der Waals surface area (Å²) in [5.74, 6) is 0.218. The molecule has 3 heterocycles. The van der Waals surface area contributed by atoms with E-state index in [0.29, 0.717) is 44.7 Å². The van der Waals surface area contributed by atoms with Gasteiger partial charge in [-0.25, -0.2) is 18.1 Å². The van der Waals surface area contributed by atoms with Crippen molar-refractivity contribution >= 4 is 26.8 Å². The molecule has 0 radical (unpaired) electrons. The smallest absolute Gasteiger partial charge is 0.243 e. The summed E-state index contributed by atoms with van der Waals surface area (Å²) >= 11 is 0. The molecule has 4 rings (SSSR count). The third kappa shape index (κ3) is 4.92. The fourth-order valence-electron chi connectivity index (χ4n) is 4.10. The van der Waals surface area contributed by atoms with E-state index in [4.69, 9.17) is 9.72 Å². The first kappa shape index (κ1) is 24.5. The first-order chi connectivity index (χ1) is 16.2. The summed E-state index contributed by atoms with van der Waals surface area (Å²) < 4.78 is 34.2. The minimum atomic E-state index is -3.52. The largest absolute Gasteiger partial charge is 0.379 e. The number of ketones is 1. The molecule has 3 aromatic rings. The molecule has 1 aliphatic heterocycles. The minimum absolute atomic E-state index is 0.0302. The molecule has 1 aromatic carbocycles. The van der Waals surface area contributed by atoms with E-state index in [1.165, 1.54) is 4.31 Å². The lowest BCUT2D eigenvalue weighted by Crippen LogP contribution is -2.40. The Morgan fingerprint density at radius 1 is 1.09 bits per heavy atom. The Kier molecular flexibility index (Phi) is 7.16. The molecule has 1 saturated heterocycles. The van der Waals surface area contributed by atoms with Crippen LogP contribution in [0.4, 0.5) is 0 Å². The number of benzene rings is 1. The summed E-state index contributed by atoms with van der Waals surface area (Å²) in [5.41, 5.74) is 3.17. The highest BCUT2D eigenvalue weighted by Gasteiger charge is 2.26. The van der Waals surface area contributed by atoms with Gasteiger partial charge in [-0.15, -0.1) is 0 Å². The van der Waals surface area contributed by atoms with Crippen molar-refractivity contribution in [1.29, 1.82) is 0 Å². The van der Waals surface area contributed by atoms with Crippen molar-refractivity contribution < 1.29 is 17.9 Å². The van der Waals surface area contributed by atoms with Gasteiger partial charge in [-0.1, -0.05) is 26.0 Å². The number of aryl methyl sites for hydroxylation is 1. The molecule has 0 unspecified atom stereocenters. The highest BCUT2D eigenvalue weighted by atomic mass is 32.2. The van der Waals surface area contributed by atoms with Gasteiger partial charge in [0.05, 0.1) is 24.3 Å². The zero-order valence-corrected chi connectivity index (χ0v) is 21.0. The number of hydrogen-bond acceptors (Lipinski definition) is 6. The number of fused-ring (bicyclic) bond motifs is 1. The molecule has 0 amide bonds. The molecule has 0 bridgehead atoms. The zero-order chi connectivity index (χ0) is 24.5. The van der Waals surface area contributed by atoms with E-state index in [1.54, 1.807) is 30.5 Å². The summed E-state index contributed by atoms with van der Waals surface area (Å²) in [5, 5.41) is 5.23. The maximum absolute atomic E-state index is 13.2. The Morgan fingerprint density at radius 2 is 1.76 bits per heavy atom. The number of hydrogen-bond donors (Lipinski definition) is 0. The lowest BCUT2D eigenvalue weighted by atomic mass is 9.98. The number of ether oxygens (including phenoxy) is 1. The van der Waals surface area contributed by atoms with Crippen LogP contribution in [0.2, 0.25) is 0 Å². The molecule has 0 N–H and O–H groups in total. The van der Waals surface area contributed by atoms with E-state index >= 15 is 0 Å². The van der Waals surface area contributed by atoms with Crippen molar-refractivity contribution in [3.05, 3.63) is 53.3 Å². The Bertz CT molecular complexity index is 1270. The van der Waals surface area contributed by atoms with Crippen LogP contribution in [0.15, 0.2) is 41.4 Å². The van der Waals surface area contributed by atoms with E-state index < -0.39 is 10.0 Å². The van der Waals surface area contributed by atoms with Gasteiger partial charge in [0.15, 0.2) is 11.4 Å². The van der Waals surface area contributed by atoms with Gasteiger partial charge in [0, 0.05) is 42.2 Å². The van der Waals surface area contributed by atoms with E-state index in [-0.39, 0.29) is 22.6 Å². The lowest BCUT2D eigenvalue weighted by Gasteiger charge is -2.26. The lowest BCUT2D eigenvalue weighted by molar-refractivity contribution is 0.0730. The van der Waals surface area contributed by atoms with Crippen LogP contribution in [0.3, 0.4) is 0 Å². The number of rotatable bonds is 8. The van der Waals surface area contributed by atoms with Crippen LogP contribution >= 0.6 is 0 Å². The number of morpholine rings is 1. The highest BCUT2D eigenvalue weighted by Crippen LogP contribution is 2.26. The average molecular weight is 485 g/mol. The summed E-state index contributed by atoms with van der Waals surface area (Å²) in [6.45, 7) is 9.76. The number of Topliss-reactive ketones (excluding diaryl/α,β-unsaturated/α-hetero) is 1. The monoisotopic (exact) mass is 484 g/mol. The molecule has 1 fully saturated rings. The second kappa shape index (κ2) is 9.93. The van der Waals surface area contributed by atoms with Crippen LogP contribution in [0, 0.1) is 0 Å². The first-order valence-corrected chi connectivity index (χ1v) is 13.2. The van der Waals surface area contributed by atoms with Gasteiger partial charge >= 0.3 is 0 Å². The van der Waals surface area contributed by atoms with Gasteiger partial charge in [0.2, 0.25) is 10.0 Å². The maximum Gasteiger partial charge on any atom is 0.243 e. The van der Waals surface area contributed by atoms with Crippen molar-refractivity contribution in [3.8, 4) is 0 Å². The van der Waals surface area contributed by atoms with Crippen LogP contribution in [-0.4, -0.2) is 59.6 Å². The second-order valence-corrected chi connectivity index (χ2v) is 11.2. The van der Waals surface area contributed by atoms with Crippen LogP contribution in [0.5, 0.6) is 0 Å². The predicted octanol–water partition coefficient (Wildman–Crippen LogP) is 3.97. The molecular weight excluding hydrogens is 452 g/mol. The Hall–Kier alpha value is -2.62. The summed E-state index contributed by atoms with van der Waals surface area (Å²) in [7, 11) is -3.52. The molecular formula is C25H32N4O4S. The number of carbonyl (C=O) groups is 1. The number of sulfonamides is 1. The zero-order valence-electron chi connectivity index (χ0n) is 20.2. The van der Waals surface area contributed by atoms with Gasteiger partial charge in [0.25, 0.3) is 0 Å². The normalized spacial score (nSPS) is 15.5. The van der Waals surface area contributed by atoms with E-state index in [0.717, 1.165) is 22.3 Å². The fraction of sp³-hybridized carbons (Fsp3) is 0.480. The van der Waals surface area contributed by atoms with Crippen molar-refractivity contribution in [2.75, 3.05) is 26.3 Å². The van der Waals surface area contributed by atoms with Crippen LogP contribution in [0.25, 0.3) is 11.0 Å². The molecule has 182 valence electrons. The summed E-state index contributed by atoms with van der Waals surface area (Å²) in [6.07, 6.45) is 2.57. The number of pyridine rings is 1. The van der Waals surface area contributed by atoms with E-state index in [2.05, 4.69) is 18.9 Å². The van der Waals surface area contributed by atoms with Crippen LogP contribution < -0.4 is 0 Å². The third-order valence-corrected chi connectivity index (χ3v) is 8.05. The van der Waals surface area contributed by atoms with Crippen LogP contribution in [0.1, 0.15) is 67.7 Å².